The minimum atomic E-state index is -0.320. The molecule has 4 amide bonds. The van der Waals surface area contributed by atoms with Crippen LogP contribution in [0.5, 0.6) is 23.0 Å². The van der Waals surface area contributed by atoms with Crippen LogP contribution in [0.2, 0.25) is 0 Å². The summed E-state index contributed by atoms with van der Waals surface area (Å²) in [4.78, 5) is 56.6. The van der Waals surface area contributed by atoms with Gasteiger partial charge in [0.1, 0.15) is 13.2 Å². The van der Waals surface area contributed by atoms with Crippen molar-refractivity contribution in [2.45, 2.75) is 89.8 Å². The highest BCUT2D eigenvalue weighted by atomic mass is 33.1. The standard InChI is InChI=1S/C50H52N6O8S2.C3H8/c1-30(66-65-14-8-13-48(51)58)15-49(59)55-35-17-31(27-63-46-23-41-39(21-44(46)61-2)38-11-6-4-9-33(38)19-36(25-52-41)54-29-57)16-32(18-35)28-64-47-24-42-40(22-45(47)62-3)50(60)56-37(26-53-42)20-34-10-5-7-12-43(34)56;1-3-2/h4-7,9-12,16-18,21-24,26,29-30,36-37,52H,8,13-15,19-20,25,27-28H2,1-3H3,(H2,51,58)(H,54,57)(H,55,59);3H2,1-2H3/t30?,36?,37-;/m0./s1. The minimum absolute atomic E-state index is 0.00858. The summed E-state index contributed by atoms with van der Waals surface area (Å²) in [5.74, 6) is 1.94. The van der Waals surface area contributed by atoms with Crippen molar-refractivity contribution < 1.29 is 38.1 Å². The van der Waals surface area contributed by atoms with Crippen LogP contribution in [0, 0.1) is 0 Å². The number of primary amides is 1. The third-order valence-corrected chi connectivity index (χ3v) is 14.5. The van der Waals surface area contributed by atoms with E-state index in [0.29, 0.717) is 72.2 Å². The minimum Gasteiger partial charge on any atom is -0.493 e. The van der Waals surface area contributed by atoms with Gasteiger partial charge in [0.15, 0.2) is 23.0 Å². The lowest BCUT2D eigenvalue weighted by Crippen LogP contribution is -2.37. The molecular formula is C53H60N6O8S2. The number of rotatable bonds is 19. The molecule has 0 fully saturated rings. The highest BCUT2D eigenvalue weighted by Gasteiger charge is 2.36. The van der Waals surface area contributed by atoms with Crippen LogP contribution < -0.4 is 45.5 Å². The fraction of sp³-hybridized carbons (Fsp3) is 0.340. The first-order valence-corrected chi connectivity index (χ1v) is 25.6. The molecule has 0 bridgehead atoms. The number of para-hydroxylation sites is 1. The lowest BCUT2D eigenvalue weighted by Gasteiger charge is -2.26. The van der Waals surface area contributed by atoms with Gasteiger partial charge in [-0.2, -0.15) is 0 Å². The zero-order valence-electron chi connectivity index (χ0n) is 39.7. The number of hydrogen-bond donors (Lipinski definition) is 4. The number of carbonyl (C=O) groups excluding carboxylic acids is 4. The Hall–Kier alpha value is -6.65. The zero-order chi connectivity index (χ0) is 48.9. The molecule has 0 saturated heterocycles. The highest BCUT2D eigenvalue weighted by Crippen LogP contribution is 2.43. The maximum Gasteiger partial charge on any atom is 0.261 e. The number of carbonyl (C=O) groups is 4. The number of nitrogens with two attached hydrogens (primary N) is 1. The third-order valence-electron chi connectivity index (χ3n) is 11.5. The van der Waals surface area contributed by atoms with E-state index < -0.39 is 0 Å². The molecule has 3 atom stereocenters. The Morgan fingerprint density at radius 3 is 2.23 bits per heavy atom. The normalized spacial score (nSPS) is 15.6. The predicted octanol–water partition coefficient (Wildman–Crippen LogP) is 9.68. The monoisotopic (exact) mass is 972 g/mol. The first-order valence-electron chi connectivity index (χ1n) is 23.2. The average Bonchev–Trinajstić information content (AvgIpc) is 3.65. The molecule has 5 N–H and O–H groups in total. The molecule has 0 aliphatic carbocycles. The van der Waals surface area contributed by atoms with E-state index in [-0.39, 0.29) is 54.7 Å². The lowest BCUT2D eigenvalue weighted by molar-refractivity contribution is -0.118. The Balaban J connectivity index is 0.00000228. The lowest BCUT2D eigenvalue weighted by atomic mass is 9.92. The summed E-state index contributed by atoms with van der Waals surface area (Å²) in [7, 11) is 6.35. The van der Waals surface area contributed by atoms with Crippen LogP contribution >= 0.6 is 21.6 Å². The van der Waals surface area contributed by atoms with Gasteiger partial charge < -0.3 is 40.6 Å². The van der Waals surface area contributed by atoms with Crippen LogP contribution in [-0.4, -0.2) is 74.2 Å². The van der Waals surface area contributed by atoms with Crippen molar-refractivity contribution in [2.24, 2.45) is 10.7 Å². The maximum atomic E-state index is 14.0. The van der Waals surface area contributed by atoms with Crippen LogP contribution in [0.15, 0.2) is 96.0 Å². The Labute approximate surface area is 411 Å². The van der Waals surface area contributed by atoms with Gasteiger partial charge in [-0.05, 0) is 77.1 Å². The molecule has 3 aliphatic heterocycles. The summed E-state index contributed by atoms with van der Waals surface area (Å²) < 4.78 is 24.6. The number of benzene rings is 5. The number of methoxy groups -OCH3 is 2. The van der Waals surface area contributed by atoms with Gasteiger partial charge in [-0.25, -0.2) is 0 Å². The van der Waals surface area contributed by atoms with Gasteiger partial charge in [0, 0.05) is 83.8 Å². The molecule has 3 aliphatic rings. The average molecular weight is 973 g/mol. The smallest absolute Gasteiger partial charge is 0.261 e. The van der Waals surface area contributed by atoms with Crippen molar-refractivity contribution in [1.82, 2.24) is 5.32 Å². The van der Waals surface area contributed by atoms with Gasteiger partial charge in [0.2, 0.25) is 18.2 Å². The van der Waals surface area contributed by atoms with E-state index in [9.17, 15) is 19.2 Å². The Morgan fingerprint density at radius 2 is 1.54 bits per heavy atom. The molecule has 5 aromatic carbocycles. The number of nitrogens with zero attached hydrogens (tertiary/aromatic N) is 2. The van der Waals surface area contributed by atoms with Crippen molar-refractivity contribution in [3.8, 4) is 34.1 Å². The van der Waals surface area contributed by atoms with Crippen LogP contribution in [-0.2, 0) is 40.4 Å². The molecule has 0 radical (unpaired) electrons. The first kappa shape index (κ1) is 50.2. The second-order valence-electron chi connectivity index (χ2n) is 17.0. The van der Waals surface area contributed by atoms with E-state index in [0.717, 1.165) is 56.9 Å². The Kier molecular flexibility index (Phi) is 17.5. The highest BCUT2D eigenvalue weighted by molar-refractivity contribution is 8.76. The summed E-state index contributed by atoms with van der Waals surface area (Å²) in [6.45, 7) is 6.95. The number of fused-ring (bicyclic) bond motifs is 7. The molecule has 69 heavy (non-hydrogen) atoms. The molecule has 0 saturated carbocycles. The number of nitrogens with one attached hydrogen (secondary N) is 3. The topological polar surface area (TPSA) is 183 Å². The van der Waals surface area contributed by atoms with E-state index in [2.05, 4.69) is 41.9 Å². The van der Waals surface area contributed by atoms with Crippen molar-refractivity contribution >= 4 is 74.7 Å². The van der Waals surface area contributed by atoms with Gasteiger partial charge in [0.05, 0.1) is 31.5 Å². The van der Waals surface area contributed by atoms with Crippen molar-refractivity contribution in [3.05, 3.63) is 119 Å². The van der Waals surface area contributed by atoms with E-state index in [1.54, 1.807) is 45.7 Å². The van der Waals surface area contributed by atoms with Crippen LogP contribution in [0.3, 0.4) is 0 Å². The van der Waals surface area contributed by atoms with Gasteiger partial charge in [-0.15, -0.1) is 0 Å². The quantitative estimate of drug-likeness (QED) is 0.0351. The summed E-state index contributed by atoms with van der Waals surface area (Å²) in [5, 5.41) is 9.53. The number of anilines is 3. The Bertz CT molecular complexity index is 2680. The van der Waals surface area contributed by atoms with E-state index >= 15 is 0 Å². The fourth-order valence-electron chi connectivity index (χ4n) is 8.44. The molecule has 8 rings (SSSR count). The molecular weight excluding hydrogens is 913 g/mol. The summed E-state index contributed by atoms with van der Waals surface area (Å²) in [5.41, 5.74) is 14.1. The predicted molar refractivity (Wildman–Crippen MR) is 278 cm³/mol. The number of amides is 4. The Morgan fingerprint density at radius 1 is 0.870 bits per heavy atom. The molecule has 362 valence electrons. The molecule has 0 aromatic heterocycles. The number of aliphatic imine (C=N–C) groups is 1. The zero-order valence-corrected chi connectivity index (χ0v) is 41.3. The number of hydrogen-bond acceptors (Lipinski definition) is 12. The first-order chi connectivity index (χ1) is 33.5. The van der Waals surface area contributed by atoms with Gasteiger partial charge in [0.25, 0.3) is 5.91 Å². The van der Waals surface area contributed by atoms with Crippen molar-refractivity contribution in [1.29, 1.82) is 0 Å². The molecule has 14 nitrogen and oxygen atoms in total. The fourth-order valence-corrected chi connectivity index (χ4v) is 10.8. The van der Waals surface area contributed by atoms with Gasteiger partial charge >= 0.3 is 0 Å². The van der Waals surface area contributed by atoms with E-state index in [1.165, 1.54) is 13.5 Å². The SMILES string of the molecule is CCC.COc1cc2c(cc1OCc1cc(COc3cc4c(cc3OC)-c3ccccc3CC(NC=O)CN4)cc(NC(=O)CC(C)SSCCCC(N)=O)c1)N=C[C@@H]1Cc3ccccc3N1C2=O. The van der Waals surface area contributed by atoms with Crippen molar-refractivity contribution in [2.75, 3.05) is 42.1 Å². The molecule has 5 aromatic rings. The largest absolute Gasteiger partial charge is 0.493 e. The summed E-state index contributed by atoms with van der Waals surface area (Å²) in [6, 6.07) is 28.7. The molecule has 3 heterocycles. The van der Waals surface area contributed by atoms with E-state index in [4.69, 9.17) is 29.7 Å². The van der Waals surface area contributed by atoms with Crippen LogP contribution in [0.1, 0.15) is 79.1 Å². The molecule has 0 spiro atoms. The summed E-state index contributed by atoms with van der Waals surface area (Å²) >= 11 is 0. The van der Waals surface area contributed by atoms with Gasteiger partial charge in [-0.1, -0.05) is 91.2 Å². The molecule has 2 unspecified atom stereocenters. The van der Waals surface area contributed by atoms with Crippen LogP contribution in [0.25, 0.3) is 11.1 Å². The van der Waals surface area contributed by atoms with Crippen molar-refractivity contribution in [3.63, 3.8) is 0 Å². The van der Waals surface area contributed by atoms with Gasteiger partial charge in [-0.3, -0.25) is 29.1 Å². The second kappa shape index (κ2) is 24.1. The second-order valence-corrected chi connectivity index (χ2v) is 19.9. The van der Waals surface area contributed by atoms with Crippen LogP contribution in [0.4, 0.5) is 22.7 Å². The summed E-state index contributed by atoms with van der Waals surface area (Å²) in [6.07, 6.45) is 6.43. The van der Waals surface area contributed by atoms with E-state index in [1.807, 2.05) is 79.9 Å². The maximum absolute atomic E-state index is 14.0. The third kappa shape index (κ3) is 12.7. The molecule has 16 heteroatoms. The number of ether oxygens (including phenoxy) is 4.